The van der Waals surface area contributed by atoms with Crippen LogP contribution < -0.4 is 10.4 Å². The molecule has 0 amide bonds. The highest BCUT2D eigenvalue weighted by Crippen LogP contribution is 2.31. The van der Waals surface area contributed by atoms with Crippen LogP contribution in [0.5, 0.6) is 0 Å². The topological polar surface area (TPSA) is 36.7 Å². The van der Waals surface area contributed by atoms with Crippen LogP contribution in [0.4, 0.5) is 0 Å². The number of nitrogens with zero attached hydrogens (tertiary/aromatic N) is 1. The fraction of sp³-hybridized carbons (Fsp3) is 0.118. The van der Waals surface area contributed by atoms with Crippen molar-refractivity contribution in [1.82, 2.24) is 4.98 Å². The maximum absolute atomic E-state index is 8.58. The van der Waals surface area contributed by atoms with E-state index in [-0.39, 0.29) is 0 Å². The first-order valence-electron chi connectivity index (χ1n) is 12.7. The predicted octanol–water partition coefficient (Wildman–Crippen LogP) is 7.50. The lowest BCUT2D eigenvalue weighted by molar-refractivity contribution is 1.12. The van der Waals surface area contributed by atoms with Crippen molar-refractivity contribution in [2.24, 2.45) is 0 Å². The second-order valence-corrected chi connectivity index (χ2v) is 9.30. The highest BCUT2D eigenvalue weighted by Gasteiger charge is 2.20. The first-order chi connectivity index (χ1) is 17.8. The van der Waals surface area contributed by atoms with Crippen LogP contribution in [0.3, 0.4) is 0 Å². The Morgan fingerprint density at radius 3 is 2.22 bits per heavy atom. The third kappa shape index (κ3) is 3.76. The molecular weight excluding hydrogens is 436 g/mol. The van der Waals surface area contributed by atoms with Crippen LogP contribution in [0.1, 0.15) is 37.3 Å². The Labute approximate surface area is 211 Å². The van der Waals surface area contributed by atoms with Gasteiger partial charge in [-0.1, -0.05) is 91.9 Å². The summed E-state index contributed by atoms with van der Waals surface area (Å²) in [4.78, 5) is 5.10. The molecule has 1 aliphatic carbocycles. The third-order valence-electron chi connectivity index (χ3n) is 7.08. The van der Waals surface area contributed by atoms with Gasteiger partial charge in [0.05, 0.1) is 11.2 Å². The molecule has 1 heterocycles. The Morgan fingerprint density at radius 2 is 1.44 bits per heavy atom. The van der Waals surface area contributed by atoms with Gasteiger partial charge in [0.2, 0.25) is 0 Å². The van der Waals surface area contributed by atoms with E-state index in [2.05, 4.69) is 104 Å². The summed E-state index contributed by atoms with van der Waals surface area (Å²) in [6, 6.07) is 27.7. The Hall–Kier alpha value is -4.30. The summed E-state index contributed by atoms with van der Waals surface area (Å²) in [6.45, 7) is 2.15. The van der Waals surface area contributed by atoms with Crippen molar-refractivity contribution < 1.29 is 0 Å². The lowest BCUT2D eigenvalue weighted by Crippen LogP contribution is -2.33. The van der Waals surface area contributed by atoms with Gasteiger partial charge >= 0.3 is 0 Å². The lowest BCUT2D eigenvalue weighted by Gasteiger charge is -2.20. The summed E-state index contributed by atoms with van der Waals surface area (Å²) in [5.41, 5.74) is 7.39. The fourth-order valence-electron chi connectivity index (χ4n) is 5.40. The van der Waals surface area contributed by atoms with Crippen LogP contribution in [0, 0.1) is 5.41 Å². The van der Waals surface area contributed by atoms with Crippen molar-refractivity contribution in [3.63, 3.8) is 0 Å². The van der Waals surface area contributed by atoms with E-state index < -0.39 is 0 Å². The molecule has 36 heavy (non-hydrogen) atoms. The molecule has 1 aliphatic rings. The summed E-state index contributed by atoms with van der Waals surface area (Å²) in [7, 11) is 0. The number of rotatable bonds is 5. The van der Waals surface area contributed by atoms with Crippen LogP contribution in [-0.4, -0.2) is 11.2 Å². The van der Waals surface area contributed by atoms with Gasteiger partial charge in [-0.05, 0) is 75.4 Å². The molecule has 0 radical (unpaired) electrons. The number of hydrogen-bond donors (Lipinski definition) is 1. The minimum atomic E-state index is 0.931. The number of benzene rings is 4. The maximum Gasteiger partial charge on any atom is 0.0722 e. The molecule has 0 spiro atoms. The summed E-state index contributed by atoms with van der Waals surface area (Å²) >= 11 is 0. The van der Waals surface area contributed by atoms with Gasteiger partial charge in [0.25, 0.3) is 0 Å². The molecule has 0 fully saturated rings. The van der Waals surface area contributed by atoms with Gasteiger partial charge in [-0.25, -0.2) is 4.98 Å². The minimum Gasteiger partial charge on any atom is -0.308 e. The van der Waals surface area contributed by atoms with Gasteiger partial charge in [0, 0.05) is 22.7 Å². The molecule has 1 N–H and O–H groups in total. The largest absolute Gasteiger partial charge is 0.308 e. The van der Waals surface area contributed by atoms with E-state index >= 15 is 0 Å². The molecule has 0 saturated heterocycles. The molecule has 2 heteroatoms. The first kappa shape index (κ1) is 22.2. The minimum absolute atomic E-state index is 0.931. The van der Waals surface area contributed by atoms with Crippen LogP contribution in [0.15, 0.2) is 84.9 Å². The number of pyridine rings is 1. The number of aromatic nitrogens is 1. The molecule has 0 aliphatic heterocycles. The second-order valence-electron chi connectivity index (χ2n) is 9.30. The average Bonchev–Trinajstić information content (AvgIpc) is 2.94. The smallest absolute Gasteiger partial charge is 0.0722 e. The van der Waals surface area contributed by atoms with Crippen molar-refractivity contribution in [3.05, 3.63) is 107 Å². The molecular formula is C34H28N2. The van der Waals surface area contributed by atoms with E-state index in [0.29, 0.717) is 0 Å². The van der Waals surface area contributed by atoms with E-state index in [4.69, 9.17) is 10.4 Å². The molecule has 0 saturated carbocycles. The number of allylic oxidation sites excluding steroid dienone is 1. The summed E-state index contributed by atoms with van der Waals surface area (Å²) < 4.78 is 0. The number of fused-ring (bicyclic) bond motifs is 3. The average molecular weight is 465 g/mol. The standard InChI is InChI=1S/C34H28N2/c1-2-3-13-29-30(22-35)33(26-18-17-23-10-4-5-12-25(23)21-26)27-14-7-8-15-28(27)34(29)32-20-19-24-11-6-9-16-31(24)36-32/h3-6,9-22,35H,2,7-8H2,1H3/b13-3-,35-22?. The van der Waals surface area contributed by atoms with E-state index in [1.54, 1.807) is 0 Å². The monoisotopic (exact) mass is 464 g/mol. The Balaban J connectivity index is 1.74. The van der Waals surface area contributed by atoms with E-state index in [1.165, 1.54) is 27.4 Å². The van der Waals surface area contributed by atoms with Crippen LogP contribution >= 0.6 is 0 Å². The number of hydrogen-bond acceptors (Lipinski definition) is 2. The van der Waals surface area contributed by atoms with Gasteiger partial charge in [-0.2, -0.15) is 0 Å². The molecule has 6 rings (SSSR count). The zero-order valence-electron chi connectivity index (χ0n) is 20.5. The van der Waals surface area contributed by atoms with Gasteiger partial charge in [0.15, 0.2) is 0 Å². The van der Waals surface area contributed by atoms with Crippen molar-refractivity contribution in [2.75, 3.05) is 0 Å². The van der Waals surface area contributed by atoms with Gasteiger partial charge in [0.1, 0.15) is 0 Å². The Morgan fingerprint density at radius 1 is 0.750 bits per heavy atom. The fourth-order valence-corrected chi connectivity index (χ4v) is 5.40. The van der Waals surface area contributed by atoms with E-state index in [0.717, 1.165) is 63.7 Å². The van der Waals surface area contributed by atoms with Crippen LogP contribution in [0.2, 0.25) is 0 Å². The quantitative estimate of drug-likeness (QED) is 0.269. The second kappa shape index (κ2) is 9.39. The van der Waals surface area contributed by atoms with Gasteiger partial charge in [-0.15, -0.1) is 0 Å². The molecule has 1 aromatic heterocycles. The number of nitrogens with one attached hydrogen (secondary N) is 1. The Kier molecular flexibility index (Phi) is 5.79. The molecule has 2 nitrogen and oxygen atoms in total. The van der Waals surface area contributed by atoms with Crippen molar-refractivity contribution in [2.45, 2.75) is 26.2 Å². The zero-order valence-corrected chi connectivity index (χ0v) is 20.5. The van der Waals surface area contributed by atoms with Crippen molar-refractivity contribution >= 4 is 46.1 Å². The lowest BCUT2D eigenvalue weighted by atomic mass is 9.84. The zero-order chi connectivity index (χ0) is 24.5. The maximum atomic E-state index is 8.58. The predicted molar refractivity (Wildman–Crippen MR) is 155 cm³/mol. The molecule has 5 aromatic rings. The normalized spacial score (nSPS) is 12.9. The van der Waals surface area contributed by atoms with Crippen molar-refractivity contribution in [1.29, 1.82) is 5.41 Å². The third-order valence-corrected chi connectivity index (χ3v) is 7.08. The van der Waals surface area contributed by atoms with Crippen LogP contribution in [0.25, 0.3) is 62.3 Å². The van der Waals surface area contributed by atoms with Crippen LogP contribution in [-0.2, 0) is 0 Å². The highest BCUT2D eigenvalue weighted by atomic mass is 14.7. The van der Waals surface area contributed by atoms with Crippen molar-refractivity contribution in [3.8, 4) is 22.4 Å². The van der Waals surface area contributed by atoms with E-state index in [1.807, 2.05) is 6.07 Å². The van der Waals surface area contributed by atoms with Gasteiger partial charge < -0.3 is 5.41 Å². The SMILES string of the molecule is CC/C=C\c1c(C=N)c(-c2ccc3ccccc3c2)c2c(c1-c1ccc3ccccc3n1)=CCCC=2. The summed E-state index contributed by atoms with van der Waals surface area (Å²) in [5.74, 6) is 0. The molecule has 0 atom stereocenters. The van der Waals surface area contributed by atoms with Gasteiger partial charge in [-0.3, -0.25) is 0 Å². The Bertz CT molecular complexity index is 1790. The first-order valence-corrected chi connectivity index (χ1v) is 12.7. The summed E-state index contributed by atoms with van der Waals surface area (Å²) in [6.07, 6.45) is 13.6. The molecule has 174 valence electrons. The summed E-state index contributed by atoms with van der Waals surface area (Å²) in [5, 5.41) is 14.6. The highest BCUT2D eigenvalue weighted by molar-refractivity contribution is 6.00. The molecule has 4 aromatic carbocycles. The number of para-hydroxylation sites is 1. The molecule has 0 bridgehead atoms. The molecule has 0 unspecified atom stereocenters. The van der Waals surface area contributed by atoms with E-state index in [9.17, 15) is 0 Å².